The number of carbonyl (C=O) groups excluding carboxylic acids is 3. The number of amides is 3. The Kier molecular flexibility index (Phi) is 8.32. The van der Waals surface area contributed by atoms with Crippen molar-refractivity contribution in [2.24, 2.45) is 0 Å². The van der Waals surface area contributed by atoms with Crippen molar-refractivity contribution in [3.05, 3.63) is 129 Å². The van der Waals surface area contributed by atoms with Gasteiger partial charge in [0.25, 0.3) is 11.8 Å². The maximum atomic E-state index is 14.4. The molecule has 1 aliphatic heterocycles. The van der Waals surface area contributed by atoms with Gasteiger partial charge in [0.1, 0.15) is 16.8 Å². The van der Waals surface area contributed by atoms with Gasteiger partial charge in [0.05, 0.1) is 40.3 Å². The number of benzene rings is 3. The lowest BCUT2D eigenvalue weighted by Gasteiger charge is -2.27. The first kappa shape index (κ1) is 35.0. The predicted molar refractivity (Wildman–Crippen MR) is 199 cm³/mol. The van der Waals surface area contributed by atoms with Crippen LogP contribution in [0.15, 0.2) is 91.3 Å². The van der Waals surface area contributed by atoms with Gasteiger partial charge in [-0.25, -0.2) is 14.7 Å². The zero-order chi connectivity index (χ0) is 38.0. The molecular weight excluding hydrogens is 729 g/mol. The first-order valence-corrected chi connectivity index (χ1v) is 17.9. The average molecular weight is 761 g/mol. The molecule has 0 bridgehead atoms. The highest BCUT2D eigenvalue weighted by atomic mass is 35.5. The van der Waals surface area contributed by atoms with Gasteiger partial charge in [-0.05, 0) is 92.3 Å². The summed E-state index contributed by atoms with van der Waals surface area (Å²) in [6, 6.07) is 24.0. The number of nitriles is 1. The van der Waals surface area contributed by atoms with E-state index in [2.05, 4.69) is 26.7 Å². The first-order chi connectivity index (χ1) is 25.8. The summed E-state index contributed by atoms with van der Waals surface area (Å²) in [4.78, 5) is 64.5. The summed E-state index contributed by atoms with van der Waals surface area (Å²) in [6.07, 6.45) is 5.38. The Hall–Kier alpha value is -6.03. The molecule has 3 heterocycles. The number of carboxylic acids is 1. The standard InChI is InChI=1S/C40H31Cl2N7O5/c1-38(19-23-5-7-24(20-43)8-6-23)36(54)48(30-17-28(41)16-29(42)18-30)37-45-22-31(49(37)38)33(50)46-40(13-14-40)35(53)47-39(11-12-39)32-10-9-27(21-44-32)25-3-2-4-26(15-25)34(51)52/h2-10,15-18,21-22H,11-14,19H2,1H3,(H,46,50)(H,47,53)(H,51,52)/t38-/m1/s1. The Morgan fingerprint density at radius 3 is 2.22 bits per heavy atom. The number of aromatic carboxylic acids is 1. The minimum Gasteiger partial charge on any atom is -0.478 e. The molecule has 2 saturated carbocycles. The summed E-state index contributed by atoms with van der Waals surface area (Å²) in [7, 11) is 0. The number of nitrogens with zero attached hydrogens (tertiary/aromatic N) is 5. The molecule has 0 unspecified atom stereocenters. The molecule has 270 valence electrons. The number of imidazole rings is 1. The third-order valence-corrected chi connectivity index (χ3v) is 10.8. The highest BCUT2D eigenvalue weighted by molar-refractivity contribution is 6.35. The number of halogens is 2. The minimum absolute atomic E-state index is 0.0922. The molecule has 2 aromatic heterocycles. The van der Waals surface area contributed by atoms with Crippen LogP contribution in [0.4, 0.5) is 11.6 Å². The number of rotatable bonds is 10. The molecule has 54 heavy (non-hydrogen) atoms. The number of hydrogen-bond donors (Lipinski definition) is 3. The highest BCUT2D eigenvalue weighted by Gasteiger charge is 2.57. The Morgan fingerprint density at radius 1 is 0.889 bits per heavy atom. The minimum atomic E-state index is -1.34. The first-order valence-electron chi connectivity index (χ1n) is 17.2. The lowest BCUT2D eigenvalue weighted by molar-refractivity contribution is -0.125. The lowest BCUT2D eigenvalue weighted by atomic mass is 9.91. The number of fused-ring (bicyclic) bond motifs is 1. The Labute approximate surface area is 319 Å². The van der Waals surface area contributed by atoms with Crippen molar-refractivity contribution in [3.63, 3.8) is 0 Å². The van der Waals surface area contributed by atoms with Crippen LogP contribution in [0.25, 0.3) is 11.1 Å². The number of nitrogens with one attached hydrogen (secondary N) is 2. The van der Waals surface area contributed by atoms with E-state index in [-0.39, 0.29) is 35.4 Å². The van der Waals surface area contributed by atoms with Crippen LogP contribution in [0.3, 0.4) is 0 Å². The normalized spacial score (nSPS) is 18.7. The van der Waals surface area contributed by atoms with Gasteiger partial charge in [0.15, 0.2) is 0 Å². The second-order valence-electron chi connectivity index (χ2n) is 14.2. The molecule has 0 spiro atoms. The quantitative estimate of drug-likeness (QED) is 0.144. The van der Waals surface area contributed by atoms with Crippen molar-refractivity contribution in [2.75, 3.05) is 4.90 Å². The topological polar surface area (TPSA) is 170 Å². The van der Waals surface area contributed by atoms with Crippen LogP contribution < -0.4 is 15.5 Å². The molecule has 8 rings (SSSR count). The van der Waals surface area contributed by atoms with Gasteiger partial charge in [0.2, 0.25) is 11.9 Å². The van der Waals surface area contributed by atoms with E-state index in [0.29, 0.717) is 58.2 Å². The van der Waals surface area contributed by atoms with Crippen molar-refractivity contribution < 1.29 is 24.3 Å². The van der Waals surface area contributed by atoms with Crippen LogP contribution in [-0.2, 0) is 27.1 Å². The van der Waals surface area contributed by atoms with Crippen LogP contribution in [0.2, 0.25) is 10.0 Å². The third kappa shape index (κ3) is 6.05. The fraction of sp³-hybridized carbons (Fsp3) is 0.225. The van der Waals surface area contributed by atoms with E-state index in [9.17, 15) is 29.5 Å². The number of aromatic nitrogens is 3. The molecule has 3 aliphatic rings. The van der Waals surface area contributed by atoms with E-state index in [0.717, 1.165) is 11.1 Å². The molecule has 2 aliphatic carbocycles. The monoisotopic (exact) mass is 759 g/mol. The smallest absolute Gasteiger partial charge is 0.335 e. The van der Waals surface area contributed by atoms with E-state index >= 15 is 0 Å². The molecular formula is C40H31Cl2N7O5. The Bertz CT molecular complexity index is 2410. The zero-order valence-electron chi connectivity index (χ0n) is 28.8. The Morgan fingerprint density at radius 2 is 1.61 bits per heavy atom. The van der Waals surface area contributed by atoms with Crippen LogP contribution in [0.5, 0.6) is 0 Å². The van der Waals surface area contributed by atoms with Gasteiger partial charge >= 0.3 is 5.97 Å². The van der Waals surface area contributed by atoms with Crippen LogP contribution in [0, 0.1) is 11.3 Å². The molecule has 14 heteroatoms. The van der Waals surface area contributed by atoms with Gasteiger partial charge in [-0.3, -0.25) is 23.9 Å². The summed E-state index contributed by atoms with van der Waals surface area (Å²) in [5.41, 5.74) is 0.787. The Balaban J connectivity index is 1.05. The van der Waals surface area contributed by atoms with Crippen molar-refractivity contribution in [1.29, 1.82) is 5.26 Å². The number of carboxylic acid groups (broad SMARTS) is 1. The highest BCUT2D eigenvalue weighted by Crippen LogP contribution is 2.48. The SMILES string of the molecule is C[C@@]1(Cc2ccc(C#N)cc2)C(=O)N(c2cc(Cl)cc(Cl)c2)c2ncc(C(=O)NC3(C(=O)NC4(c5ccc(-c6cccc(C(=O)O)c6)cn5)CC4)CC3)n21. The molecule has 0 radical (unpaired) electrons. The molecule has 3 amide bonds. The van der Waals surface area contributed by atoms with Crippen molar-refractivity contribution in [3.8, 4) is 17.2 Å². The molecule has 3 N–H and O–H groups in total. The van der Waals surface area contributed by atoms with Gasteiger partial charge in [-0.15, -0.1) is 0 Å². The van der Waals surface area contributed by atoms with Crippen molar-refractivity contribution in [2.45, 2.75) is 55.6 Å². The maximum Gasteiger partial charge on any atom is 0.335 e. The van der Waals surface area contributed by atoms with E-state index in [1.54, 1.807) is 72.3 Å². The third-order valence-electron chi connectivity index (χ3n) is 10.4. The van der Waals surface area contributed by atoms with Crippen molar-refractivity contribution >= 4 is 58.5 Å². The fourth-order valence-electron chi connectivity index (χ4n) is 7.13. The van der Waals surface area contributed by atoms with Gasteiger partial charge < -0.3 is 15.7 Å². The average Bonchev–Trinajstić information content (AvgIpc) is 4.06. The number of pyridine rings is 1. The fourth-order valence-corrected chi connectivity index (χ4v) is 7.64. The van der Waals surface area contributed by atoms with Crippen LogP contribution >= 0.6 is 23.2 Å². The molecule has 12 nitrogen and oxygen atoms in total. The predicted octanol–water partition coefficient (Wildman–Crippen LogP) is 6.53. The number of carbonyl (C=O) groups is 4. The second kappa shape index (κ2) is 12.8. The number of hydrogen-bond acceptors (Lipinski definition) is 7. The zero-order valence-corrected chi connectivity index (χ0v) is 30.3. The molecule has 5 aromatic rings. The largest absolute Gasteiger partial charge is 0.478 e. The summed E-state index contributed by atoms with van der Waals surface area (Å²) in [5, 5.41) is 25.4. The van der Waals surface area contributed by atoms with Crippen LogP contribution in [0.1, 0.15) is 70.3 Å². The summed E-state index contributed by atoms with van der Waals surface area (Å²) < 4.78 is 1.59. The van der Waals surface area contributed by atoms with E-state index in [1.165, 1.54) is 17.2 Å². The summed E-state index contributed by atoms with van der Waals surface area (Å²) >= 11 is 12.7. The van der Waals surface area contributed by atoms with Gasteiger partial charge in [-0.2, -0.15) is 5.26 Å². The molecule has 3 aromatic carbocycles. The maximum absolute atomic E-state index is 14.4. The lowest BCUT2D eigenvalue weighted by Crippen LogP contribution is -2.52. The van der Waals surface area contributed by atoms with Crippen molar-refractivity contribution in [1.82, 2.24) is 25.2 Å². The second-order valence-corrected chi connectivity index (χ2v) is 15.1. The molecule has 0 saturated heterocycles. The van der Waals surface area contributed by atoms with E-state index in [1.807, 2.05) is 18.2 Å². The molecule has 1 atom stereocenters. The number of anilines is 2. The van der Waals surface area contributed by atoms with Crippen LogP contribution in [-0.4, -0.2) is 48.9 Å². The summed E-state index contributed by atoms with van der Waals surface area (Å²) in [5.74, 6) is -2.10. The van der Waals surface area contributed by atoms with Gasteiger partial charge in [-0.1, -0.05) is 53.5 Å². The summed E-state index contributed by atoms with van der Waals surface area (Å²) in [6.45, 7) is 1.72. The van der Waals surface area contributed by atoms with E-state index < -0.39 is 28.5 Å². The molecule has 2 fully saturated rings. The van der Waals surface area contributed by atoms with E-state index in [4.69, 9.17) is 23.2 Å². The van der Waals surface area contributed by atoms with Gasteiger partial charge in [0, 0.05) is 28.2 Å².